The highest BCUT2D eigenvalue weighted by molar-refractivity contribution is 5.95. The van der Waals surface area contributed by atoms with Crippen LogP contribution in [0.15, 0.2) is 42.5 Å². The van der Waals surface area contributed by atoms with Crippen LogP contribution in [0.2, 0.25) is 0 Å². The SMILES string of the molecule is COc1ccc(C)cc1CCNC(=O)c1ccc(NC(=O)NC2CC2)cc1. The molecule has 0 aromatic heterocycles. The number of carbonyl (C=O) groups excluding carboxylic acids is 2. The number of aryl methyl sites for hydroxylation is 1. The van der Waals surface area contributed by atoms with E-state index in [1.54, 1.807) is 31.4 Å². The standard InChI is InChI=1S/C21H25N3O3/c1-14-3-10-19(27-2)16(13-14)11-12-22-20(25)15-4-6-17(7-5-15)23-21(26)24-18-8-9-18/h3-7,10,13,18H,8-9,11-12H2,1-2H3,(H,22,25)(H2,23,24,26). The van der Waals surface area contributed by atoms with Crippen molar-refractivity contribution in [1.29, 1.82) is 0 Å². The second-order valence-electron chi connectivity index (χ2n) is 6.77. The maximum atomic E-state index is 12.3. The van der Waals surface area contributed by atoms with Gasteiger partial charge in [0.1, 0.15) is 5.75 Å². The Kier molecular flexibility index (Phi) is 5.96. The maximum Gasteiger partial charge on any atom is 0.319 e. The van der Waals surface area contributed by atoms with Gasteiger partial charge in [0, 0.05) is 23.8 Å². The molecule has 3 rings (SSSR count). The minimum atomic E-state index is -0.207. The number of hydrogen-bond acceptors (Lipinski definition) is 3. The van der Waals surface area contributed by atoms with Crippen molar-refractivity contribution in [3.05, 3.63) is 59.2 Å². The second kappa shape index (κ2) is 8.58. The van der Waals surface area contributed by atoms with E-state index in [4.69, 9.17) is 4.74 Å². The van der Waals surface area contributed by atoms with Crippen molar-refractivity contribution in [2.45, 2.75) is 32.2 Å². The summed E-state index contributed by atoms with van der Waals surface area (Å²) in [6, 6.07) is 13.0. The van der Waals surface area contributed by atoms with E-state index in [0.717, 1.165) is 29.7 Å². The van der Waals surface area contributed by atoms with Crippen LogP contribution in [0.1, 0.15) is 34.3 Å². The summed E-state index contributed by atoms with van der Waals surface area (Å²) in [4.78, 5) is 24.0. The van der Waals surface area contributed by atoms with Crippen LogP contribution in [0, 0.1) is 6.92 Å². The summed E-state index contributed by atoms with van der Waals surface area (Å²) in [5.74, 6) is 0.686. The molecule has 6 heteroatoms. The Hall–Kier alpha value is -3.02. The Bertz CT molecular complexity index is 814. The predicted octanol–water partition coefficient (Wildman–Crippen LogP) is 3.26. The zero-order valence-corrected chi connectivity index (χ0v) is 15.7. The van der Waals surface area contributed by atoms with Gasteiger partial charge in [0.2, 0.25) is 0 Å². The van der Waals surface area contributed by atoms with Crippen LogP contribution >= 0.6 is 0 Å². The predicted molar refractivity (Wildman–Crippen MR) is 105 cm³/mol. The highest BCUT2D eigenvalue weighted by Crippen LogP contribution is 2.20. The molecule has 2 aromatic carbocycles. The summed E-state index contributed by atoms with van der Waals surface area (Å²) >= 11 is 0. The number of rotatable bonds is 7. The van der Waals surface area contributed by atoms with Crippen LogP contribution in [0.3, 0.4) is 0 Å². The lowest BCUT2D eigenvalue weighted by Gasteiger charge is -2.11. The van der Waals surface area contributed by atoms with Crippen LogP contribution in [0.5, 0.6) is 5.75 Å². The Labute approximate surface area is 159 Å². The summed E-state index contributed by atoms with van der Waals surface area (Å²) in [5.41, 5.74) is 3.44. The fourth-order valence-electron chi connectivity index (χ4n) is 2.80. The second-order valence-corrected chi connectivity index (χ2v) is 6.77. The van der Waals surface area contributed by atoms with Gasteiger partial charge in [0.05, 0.1) is 7.11 Å². The third-order valence-corrected chi connectivity index (χ3v) is 4.43. The molecule has 1 saturated carbocycles. The Morgan fingerprint density at radius 1 is 1.11 bits per heavy atom. The Morgan fingerprint density at radius 2 is 1.85 bits per heavy atom. The molecule has 142 valence electrons. The molecule has 0 aliphatic heterocycles. The first-order chi connectivity index (χ1) is 13.0. The first kappa shape index (κ1) is 18.8. The van der Waals surface area contributed by atoms with Crippen molar-refractivity contribution in [1.82, 2.24) is 10.6 Å². The average Bonchev–Trinajstić information content (AvgIpc) is 3.46. The van der Waals surface area contributed by atoms with E-state index in [9.17, 15) is 9.59 Å². The molecule has 1 aliphatic carbocycles. The number of ether oxygens (including phenoxy) is 1. The minimum absolute atomic E-state index is 0.143. The van der Waals surface area contributed by atoms with Gasteiger partial charge in [0.15, 0.2) is 0 Å². The number of hydrogen-bond donors (Lipinski definition) is 3. The van der Waals surface area contributed by atoms with Crippen molar-refractivity contribution >= 4 is 17.6 Å². The topological polar surface area (TPSA) is 79.5 Å². The molecular weight excluding hydrogens is 342 g/mol. The van der Waals surface area contributed by atoms with E-state index in [1.165, 1.54) is 0 Å². The van der Waals surface area contributed by atoms with E-state index in [2.05, 4.69) is 22.0 Å². The van der Waals surface area contributed by atoms with Crippen molar-refractivity contribution in [2.75, 3.05) is 19.0 Å². The van der Waals surface area contributed by atoms with E-state index in [1.807, 2.05) is 19.1 Å². The number of urea groups is 1. The Morgan fingerprint density at radius 3 is 2.52 bits per heavy atom. The van der Waals surface area contributed by atoms with Crippen LogP contribution in [-0.4, -0.2) is 31.6 Å². The minimum Gasteiger partial charge on any atom is -0.496 e. The van der Waals surface area contributed by atoms with Crippen LogP contribution in [0.25, 0.3) is 0 Å². The largest absolute Gasteiger partial charge is 0.496 e. The maximum absolute atomic E-state index is 12.3. The number of carbonyl (C=O) groups is 2. The van der Waals surface area contributed by atoms with Crippen LogP contribution < -0.4 is 20.7 Å². The fourth-order valence-corrected chi connectivity index (χ4v) is 2.80. The lowest BCUT2D eigenvalue weighted by molar-refractivity contribution is 0.0954. The van der Waals surface area contributed by atoms with E-state index >= 15 is 0 Å². The van der Waals surface area contributed by atoms with Crippen LogP contribution in [0.4, 0.5) is 10.5 Å². The molecule has 0 unspecified atom stereocenters. The number of nitrogens with one attached hydrogen (secondary N) is 3. The molecule has 6 nitrogen and oxygen atoms in total. The summed E-state index contributed by atoms with van der Waals surface area (Å²) < 4.78 is 5.36. The van der Waals surface area contributed by atoms with Crippen LogP contribution in [-0.2, 0) is 6.42 Å². The monoisotopic (exact) mass is 367 g/mol. The van der Waals surface area contributed by atoms with Gasteiger partial charge in [0.25, 0.3) is 5.91 Å². The number of benzene rings is 2. The van der Waals surface area contributed by atoms with Gasteiger partial charge in [-0.15, -0.1) is 0 Å². The first-order valence-electron chi connectivity index (χ1n) is 9.14. The smallest absolute Gasteiger partial charge is 0.319 e. The lowest BCUT2D eigenvalue weighted by Crippen LogP contribution is -2.30. The van der Waals surface area contributed by atoms with Crippen molar-refractivity contribution < 1.29 is 14.3 Å². The van der Waals surface area contributed by atoms with Crippen molar-refractivity contribution in [2.24, 2.45) is 0 Å². The fraction of sp³-hybridized carbons (Fsp3) is 0.333. The van der Waals surface area contributed by atoms with Gasteiger partial charge in [-0.1, -0.05) is 17.7 Å². The number of anilines is 1. The summed E-state index contributed by atoms with van der Waals surface area (Å²) in [7, 11) is 1.65. The molecule has 0 bridgehead atoms. The van der Waals surface area contributed by atoms with E-state index in [-0.39, 0.29) is 11.9 Å². The molecule has 0 saturated heterocycles. The first-order valence-corrected chi connectivity index (χ1v) is 9.14. The molecule has 1 aliphatic rings. The van der Waals surface area contributed by atoms with Crippen molar-refractivity contribution in [3.63, 3.8) is 0 Å². The molecule has 3 N–H and O–H groups in total. The Balaban J connectivity index is 1.49. The van der Waals surface area contributed by atoms with E-state index < -0.39 is 0 Å². The van der Waals surface area contributed by atoms with Gasteiger partial charge < -0.3 is 20.7 Å². The van der Waals surface area contributed by atoms with Gasteiger partial charge >= 0.3 is 6.03 Å². The summed E-state index contributed by atoms with van der Waals surface area (Å²) in [6.07, 6.45) is 2.78. The van der Waals surface area contributed by atoms with Gasteiger partial charge in [-0.2, -0.15) is 0 Å². The quantitative estimate of drug-likeness (QED) is 0.703. The van der Waals surface area contributed by atoms with Gasteiger partial charge in [-0.3, -0.25) is 4.79 Å². The average molecular weight is 367 g/mol. The molecule has 2 aromatic rings. The molecule has 0 radical (unpaired) electrons. The molecule has 1 fully saturated rings. The third-order valence-electron chi connectivity index (χ3n) is 4.43. The molecule has 0 atom stereocenters. The van der Waals surface area contributed by atoms with Gasteiger partial charge in [-0.25, -0.2) is 4.79 Å². The summed E-state index contributed by atoms with van der Waals surface area (Å²) in [6.45, 7) is 2.55. The third kappa shape index (κ3) is 5.48. The number of amides is 3. The molecule has 3 amide bonds. The van der Waals surface area contributed by atoms with Crippen molar-refractivity contribution in [3.8, 4) is 5.75 Å². The molecule has 27 heavy (non-hydrogen) atoms. The summed E-state index contributed by atoms with van der Waals surface area (Å²) in [5, 5.41) is 8.54. The van der Waals surface area contributed by atoms with E-state index in [0.29, 0.717) is 30.3 Å². The normalized spacial score (nSPS) is 13.0. The molecule has 0 heterocycles. The zero-order chi connectivity index (χ0) is 19.2. The lowest BCUT2D eigenvalue weighted by atomic mass is 10.1. The highest BCUT2D eigenvalue weighted by atomic mass is 16.5. The molecular formula is C21H25N3O3. The number of methoxy groups -OCH3 is 1. The molecule has 0 spiro atoms. The highest BCUT2D eigenvalue weighted by Gasteiger charge is 2.23. The van der Waals surface area contributed by atoms with Gasteiger partial charge in [-0.05, 0) is 62.1 Å². The zero-order valence-electron chi connectivity index (χ0n) is 15.7.